The fourth-order valence-corrected chi connectivity index (χ4v) is 3.25. The molecule has 0 unspecified atom stereocenters. The van der Waals surface area contributed by atoms with Crippen LogP contribution in [-0.2, 0) is 17.6 Å². The lowest BCUT2D eigenvalue weighted by Crippen LogP contribution is -2.12. The van der Waals surface area contributed by atoms with Crippen molar-refractivity contribution in [2.45, 2.75) is 33.1 Å². The van der Waals surface area contributed by atoms with Gasteiger partial charge in [-0.1, -0.05) is 25.1 Å². The van der Waals surface area contributed by atoms with E-state index < -0.39 is 6.16 Å². The van der Waals surface area contributed by atoms with Crippen LogP contribution in [-0.4, -0.2) is 32.3 Å². The van der Waals surface area contributed by atoms with Gasteiger partial charge in [-0.3, -0.25) is 4.57 Å². The first-order valence-corrected chi connectivity index (χ1v) is 9.06. The van der Waals surface area contributed by atoms with Crippen molar-refractivity contribution >= 4 is 6.16 Å². The molecule has 1 aliphatic heterocycles. The number of hydrogen-bond donors (Lipinski definition) is 0. The fraction of sp³-hybridized carbons (Fsp3) is 0.300. The Balaban J connectivity index is 1.84. The highest BCUT2D eigenvalue weighted by molar-refractivity contribution is 5.75. The Morgan fingerprint density at radius 1 is 1.22 bits per heavy atom. The Hall–Kier alpha value is -3.22. The summed E-state index contributed by atoms with van der Waals surface area (Å²) in [6, 6.07) is 8.00. The number of aromatic nitrogens is 4. The van der Waals surface area contributed by atoms with Crippen molar-refractivity contribution in [1.29, 1.82) is 0 Å². The average molecular weight is 364 g/mol. The van der Waals surface area contributed by atoms with E-state index >= 15 is 0 Å². The van der Waals surface area contributed by atoms with Crippen LogP contribution in [0.1, 0.15) is 37.4 Å². The molecule has 3 aromatic rings. The van der Waals surface area contributed by atoms with E-state index in [4.69, 9.17) is 14.5 Å². The maximum Gasteiger partial charge on any atom is 0.515 e. The van der Waals surface area contributed by atoms with Gasteiger partial charge in [0.15, 0.2) is 0 Å². The molecular formula is C20H20N4O3. The first-order chi connectivity index (χ1) is 13.2. The van der Waals surface area contributed by atoms with Gasteiger partial charge in [0.05, 0.1) is 23.7 Å². The van der Waals surface area contributed by atoms with E-state index in [1.807, 2.05) is 35.0 Å². The molecule has 0 saturated carbocycles. The Bertz CT molecular complexity index is 997. The minimum absolute atomic E-state index is 0.244. The van der Waals surface area contributed by atoms with Gasteiger partial charge in [-0.15, -0.1) is 0 Å². The van der Waals surface area contributed by atoms with Gasteiger partial charge in [0.2, 0.25) is 5.88 Å². The second-order valence-electron chi connectivity index (χ2n) is 6.26. The Morgan fingerprint density at radius 3 is 2.89 bits per heavy atom. The van der Waals surface area contributed by atoms with Crippen LogP contribution in [0, 0.1) is 0 Å². The van der Waals surface area contributed by atoms with Gasteiger partial charge in [0.1, 0.15) is 12.2 Å². The van der Waals surface area contributed by atoms with Crippen LogP contribution in [0.4, 0.5) is 4.79 Å². The number of fused-ring (bicyclic) bond motifs is 5. The lowest BCUT2D eigenvalue weighted by atomic mass is 10.0. The van der Waals surface area contributed by atoms with Gasteiger partial charge in [0.25, 0.3) is 0 Å². The molecule has 3 heterocycles. The number of carbonyl (C=O) groups excluding carboxylic acids is 1. The highest BCUT2D eigenvalue weighted by Crippen LogP contribution is 2.36. The number of hydrogen-bond acceptors (Lipinski definition) is 6. The topological polar surface area (TPSA) is 79.1 Å². The van der Waals surface area contributed by atoms with Crippen molar-refractivity contribution in [3.63, 3.8) is 0 Å². The molecule has 4 rings (SSSR count). The van der Waals surface area contributed by atoms with Crippen LogP contribution < -0.4 is 4.74 Å². The number of nitrogens with zero attached hydrogens (tertiary/aromatic N) is 4. The lowest BCUT2D eigenvalue weighted by molar-refractivity contribution is 0.102. The lowest BCUT2D eigenvalue weighted by Gasteiger charge is -2.10. The van der Waals surface area contributed by atoms with Crippen molar-refractivity contribution in [2.24, 2.45) is 0 Å². The summed E-state index contributed by atoms with van der Waals surface area (Å²) < 4.78 is 12.1. The smallest absolute Gasteiger partial charge is 0.434 e. The third kappa shape index (κ3) is 3.16. The maximum absolute atomic E-state index is 11.8. The van der Waals surface area contributed by atoms with Crippen molar-refractivity contribution in [3.05, 3.63) is 53.9 Å². The van der Waals surface area contributed by atoms with Gasteiger partial charge in [-0.25, -0.2) is 19.7 Å². The molecule has 1 aliphatic rings. The summed E-state index contributed by atoms with van der Waals surface area (Å²) in [5.41, 5.74) is 4.59. The van der Waals surface area contributed by atoms with Crippen molar-refractivity contribution in [1.82, 2.24) is 19.5 Å². The summed E-state index contributed by atoms with van der Waals surface area (Å²) in [6.45, 7) is 4.08. The van der Waals surface area contributed by atoms with Crippen LogP contribution in [0.3, 0.4) is 0 Å². The van der Waals surface area contributed by atoms with Crippen LogP contribution in [0.15, 0.2) is 36.8 Å². The van der Waals surface area contributed by atoms with E-state index in [2.05, 4.69) is 16.9 Å². The summed E-state index contributed by atoms with van der Waals surface area (Å²) in [6.07, 6.45) is 5.09. The number of para-hydroxylation sites is 1. The molecule has 0 N–H and O–H groups in total. The van der Waals surface area contributed by atoms with Crippen molar-refractivity contribution in [3.8, 4) is 22.8 Å². The molecule has 0 spiro atoms. The highest BCUT2D eigenvalue weighted by atomic mass is 16.7. The molecule has 0 amide bonds. The normalized spacial score (nSPS) is 11.8. The summed E-state index contributed by atoms with van der Waals surface area (Å²) in [5.74, 6) is 1.08. The second kappa shape index (κ2) is 7.19. The third-order valence-electron chi connectivity index (χ3n) is 4.43. The van der Waals surface area contributed by atoms with Gasteiger partial charge in [0, 0.05) is 30.2 Å². The Labute approximate surface area is 157 Å². The number of aryl methyl sites for hydroxylation is 1. The minimum atomic E-state index is -0.758. The molecule has 1 aromatic carbocycles. The number of ether oxygens (including phenoxy) is 2. The molecule has 0 saturated heterocycles. The largest absolute Gasteiger partial charge is 0.515 e. The Kier molecular flexibility index (Phi) is 4.58. The molecule has 27 heavy (non-hydrogen) atoms. The first-order valence-electron chi connectivity index (χ1n) is 9.06. The SMILES string of the molecule is CCCc1ncc2c(n1)-c1ccccc1-n1cnc(OC(=O)OCC)c1C2. The summed E-state index contributed by atoms with van der Waals surface area (Å²) >= 11 is 0. The highest BCUT2D eigenvalue weighted by Gasteiger charge is 2.25. The fourth-order valence-electron chi connectivity index (χ4n) is 3.25. The van der Waals surface area contributed by atoms with Gasteiger partial charge in [-0.05, 0) is 19.4 Å². The number of rotatable bonds is 4. The quantitative estimate of drug-likeness (QED) is 0.514. The molecule has 0 bridgehead atoms. The summed E-state index contributed by atoms with van der Waals surface area (Å²) in [4.78, 5) is 25.4. The molecule has 0 aliphatic carbocycles. The minimum Gasteiger partial charge on any atom is -0.434 e. The van der Waals surface area contributed by atoms with Gasteiger partial charge in [-0.2, -0.15) is 0 Å². The van der Waals surface area contributed by atoms with E-state index in [9.17, 15) is 4.79 Å². The van der Waals surface area contributed by atoms with Crippen LogP contribution in [0.2, 0.25) is 0 Å². The number of imidazole rings is 1. The number of benzene rings is 1. The van der Waals surface area contributed by atoms with E-state index in [1.54, 1.807) is 13.3 Å². The van der Waals surface area contributed by atoms with E-state index in [-0.39, 0.29) is 12.5 Å². The average Bonchev–Trinajstić information content (AvgIpc) is 2.99. The zero-order valence-corrected chi connectivity index (χ0v) is 15.3. The number of carbonyl (C=O) groups is 1. The zero-order chi connectivity index (χ0) is 18.8. The van der Waals surface area contributed by atoms with Crippen LogP contribution >= 0.6 is 0 Å². The Morgan fingerprint density at radius 2 is 2.07 bits per heavy atom. The predicted octanol–water partition coefficient (Wildman–Crippen LogP) is 3.72. The maximum atomic E-state index is 11.8. The van der Waals surface area contributed by atoms with Gasteiger partial charge < -0.3 is 9.47 Å². The second-order valence-corrected chi connectivity index (χ2v) is 6.26. The molecule has 138 valence electrons. The molecule has 0 fully saturated rings. The molecule has 0 atom stereocenters. The molecule has 7 heteroatoms. The van der Waals surface area contributed by atoms with Crippen molar-refractivity contribution < 1.29 is 14.3 Å². The predicted molar refractivity (Wildman–Crippen MR) is 99.0 cm³/mol. The van der Waals surface area contributed by atoms with E-state index in [1.165, 1.54) is 0 Å². The third-order valence-corrected chi connectivity index (χ3v) is 4.43. The van der Waals surface area contributed by atoms with E-state index in [0.29, 0.717) is 6.42 Å². The van der Waals surface area contributed by atoms with Crippen LogP contribution in [0.5, 0.6) is 5.88 Å². The molecule has 2 aromatic heterocycles. The first kappa shape index (κ1) is 17.2. The zero-order valence-electron chi connectivity index (χ0n) is 15.3. The summed E-state index contributed by atoms with van der Waals surface area (Å²) in [5, 5.41) is 0. The monoisotopic (exact) mass is 364 g/mol. The van der Waals surface area contributed by atoms with Gasteiger partial charge >= 0.3 is 6.16 Å². The van der Waals surface area contributed by atoms with Crippen LogP contribution in [0.25, 0.3) is 16.9 Å². The molecular weight excluding hydrogens is 344 g/mol. The van der Waals surface area contributed by atoms with Crippen molar-refractivity contribution in [2.75, 3.05) is 6.61 Å². The molecule has 7 nitrogen and oxygen atoms in total. The summed E-state index contributed by atoms with van der Waals surface area (Å²) in [7, 11) is 0. The van der Waals surface area contributed by atoms with E-state index in [0.717, 1.165) is 46.9 Å². The standard InChI is InChI=1S/C20H20N4O3/c1-3-7-17-21-11-13-10-16-19(27-20(25)26-4-2)22-12-24(16)15-9-6-5-8-14(15)18(13)23-17/h5-6,8-9,11-12H,3-4,7,10H2,1-2H3. The molecule has 0 radical (unpaired) electrons.